The van der Waals surface area contributed by atoms with Gasteiger partial charge in [-0.05, 0) is 6.92 Å². The van der Waals surface area contributed by atoms with Gasteiger partial charge in [-0.25, -0.2) is 4.79 Å². The number of carboxylic acid groups (broad SMARTS) is 2. The first-order valence-electron chi connectivity index (χ1n) is 2.26. The molecular weight excluding hydrogens is 126 g/mol. The third-order valence-corrected chi connectivity index (χ3v) is 0.710. The molecule has 0 aliphatic rings. The molecule has 0 rings (SSSR count). The van der Waals surface area contributed by atoms with Gasteiger partial charge in [0, 0.05) is 0 Å². The van der Waals surface area contributed by atoms with Crippen molar-refractivity contribution in [2.45, 2.75) is 13.0 Å². The van der Waals surface area contributed by atoms with Crippen LogP contribution in [0.1, 0.15) is 6.92 Å². The van der Waals surface area contributed by atoms with E-state index in [9.17, 15) is 9.59 Å². The van der Waals surface area contributed by atoms with Gasteiger partial charge in [0.1, 0.15) is 6.04 Å². The van der Waals surface area contributed by atoms with E-state index >= 15 is 0 Å². The molecule has 0 aliphatic carbocycles. The summed E-state index contributed by atoms with van der Waals surface area (Å²) >= 11 is 0. The Kier molecular flexibility index (Phi) is 2.50. The first kappa shape index (κ1) is 7.74. The molecule has 0 radical (unpaired) electrons. The van der Waals surface area contributed by atoms with Gasteiger partial charge in [-0.3, -0.25) is 4.79 Å². The Morgan fingerprint density at radius 3 is 2.00 bits per heavy atom. The molecule has 0 spiro atoms. The minimum Gasteiger partial charge on any atom is -0.480 e. The van der Waals surface area contributed by atoms with Crippen LogP contribution >= 0.6 is 0 Å². The Morgan fingerprint density at radius 1 is 1.44 bits per heavy atom. The van der Waals surface area contributed by atoms with E-state index in [2.05, 4.69) is 0 Å². The minimum absolute atomic E-state index is 1.04. The second-order valence-electron chi connectivity index (χ2n) is 1.51. The molecule has 5 heteroatoms. The molecule has 0 aromatic heterocycles. The third kappa shape index (κ3) is 3.33. The Hall–Kier alpha value is -1.26. The van der Waals surface area contributed by atoms with Gasteiger partial charge >= 0.3 is 12.1 Å². The van der Waals surface area contributed by atoms with Gasteiger partial charge in [0.15, 0.2) is 0 Å². The lowest BCUT2D eigenvalue weighted by Crippen LogP contribution is -2.37. The molecule has 3 N–H and O–H groups in total. The highest BCUT2D eigenvalue weighted by molar-refractivity contribution is 5.78. The molecule has 0 aromatic rings. The van der Waals surface area contributed by atoms with Crippen molar-refractivity contribution in [2.24, 2.45) is 0 Å². The highest BCUT2D eigenvalue weighted by Crippen LogP contribution is 1.78. The number of carbonyl (C=O) groups is 2. The van der Waals surface area contributed by atoms with Crippen LogP contribution < -0.4 is 5.32 Å². The van der Waals surface area contributed by atoms with Crippen LogP contribution in [0.25, 0.3) is 0 Å². The average molecular weight is 133 g/mol. The predicted molar refractivity (Wildman–Crippen MR) is 28.3 cm³/mol. The van der Waals surface area contributed by atoms with Crippen LogP contribution in [-0.2, 0) is 4.79 Å². The summed E-state index contributed by atoms with van der Waals surface area (Å²) in [7, 11) is 0. The molecule has 52 valence electrons. The molecule has 0 fully saturated rings. The highest BCUT2D eigenvalue weighted by atomic mass is 16.4. The molecule has 0 saturated carbocycles. The summed E-state index contributed by atoms with van der Waals surface area (Å²) < 4.78 is 0. The van der Waals surface area contributed by atoms with Crippen molar-refractivity contribution in [3.05, 3.63) is 0 Å². The Balaban J connectivity index is 3.63. The number of rotatable bonds is 2. The summed E-state index contributed by atoms with van der Waals surface area (Å²) in [5.74, 6) is -1.18. The second-order valence-corrected chi connectivity index (χ2v) is 1.51. The van der Waals surface area contributed by atoms with Gasteiger partial charge in [-0.1, -0.05) is 0 Å². The van der Waals surface area contributed by atoms with E-state index in [0.29, 0.717) is 0 Å². The molecule has 0 heterocycles. The van der Waals surface area contributed by atoms with Crippen molar-refractivity contribution in [1.29, 1.82) is 0 Å². The Labute approximate surface area is 51.3 Å². The minimum atomic E-state index is -1.33. The lowest BCUT2D eigenvalue weighted by atomic mass is 10.4. The lowest BCUT2D eigenvalue weighted by molar-refractivity contribution is -0.138. The summed E-state index contributed by atoms with van der Waals surface area (Å²) in [6, 6.07) is -1.04. The molecule has 9 heavy (non-hydrogen) atoms. The van der Waals surface area contributed by atoms with Gasteiger partial charge < -0.3 is 15.5 Å². The van der Waals surface area contributed by atoms with Crippen LogP contribution in [0.3, 0.4) is 0 Å². The zero-order valence-corrected chi connectivity index (χ0v) is 4.79. The van der Waals surface area contributed by atoms with Crippen molar-refractivity contribution in [3.8, 4) is 0 Å². The van der Waals surface area contributed by atoms with E-state index < -0.39 is 18.1 Å². The summed E-state index contributed by atoms with van der Waals surface area (Å²) in [6.45, 7) is 1.25. The van der Waals surface area contributed by atoms with Crippen molar-refractivity contribution < 1.29 is 19.8 Å². The number of aliphatic carboxylic acids is 1. The highest BCUT2D eigenvalue weighted by Gasteiger charge is 2.11. The van der Waals surface area contributed by atoms with Gasteiger partial charge in [0.2, 0.25) is 0 Å². The molecule has 0 saturated heterocycles. The molecule has 1 amide bonds. The maximum Gasteiger partial charge on any atom is 0.405 e. The fourth-order valence-electron chi connectivity index (χ4n) is 0.247. The van der Waals surface area contributed by atoms with Crippen molar-refractivity contribution in [1.82, 2.24) is 5.32 Å². The molecule has 0 bridgehead atoms. The van der Waals surface area contributed by atoms with Crippen LogP contribution in [0.4, 0.5) is 4.79 Å². The van der Waals surface area contributed by atoms with Crippen molar-refractivity contribution in [3.63, 3.8) is 0 Å². The zero-order chi connectivity index (χ0) is 7.44. The largest absolute Gasteiger partial charge is 0.480 e. The molecular formula is C4H7NO4. The van der Waals surface area contributed by atoms with E-state index in [-0.39, 0.29) is 0 Å². The van der Waals surface area contributed by atoms with E-state index in [1.54, 1.807) is 5.32 Å². The fourth-order valence-corrected chi connectivity index (χ4v) is 0.247. The molecule has 0 aliphatic heterocycles. The van der Waals surface area contributed by atoms with E-state index in [4.69, 9.17) is 10.2 Å². The lowest BCUT2D eigenvalue weighted by Gasteiger charge is -2.02. The molecule has 1 atom stereocenters. The van der Waals surface area contributed by atoms with Crippen LogP contribution in [0.2, 0.25) is 0 Å². The quantitative estimate of drug-likeness (QED) is 0.483. The first-order valence-corrected chi connectivity index (χ1v) is 2.26. The summed E-state index contributed by atoms with van der Waals surface area (Å²) in [5.41, 5.74) is 0. The van der Waals surface area contributed by atoms with Gasteiger partial charge in [-0.15, -0.1) is 0 Å². The number of hydrogen-bond acceptors (Lipinski definition) is 2. The summed E-state index contributed by atoms with van der Waals surface area (Å²) in [6.07, 6.45) is -1.33. The average Bonchev–Trinajstić information content (AvgIpc) is 1.63. The van der Waals surface area contributed by atoms with E-state index in [1.165, 1.54) is 6.92 Å². The first-order chi connectivity index (χ1) is 4.04. The Bertz CT molecular complexity index is 133. The van der Waals surface area contributed by atoms with Crippen LogP contribution in [-0.4, -0.2) is 28.3 Å². The summed E-state index contributed by atoms with van der Waals surface area (Å²) in [5, 5.41) is 17.8. The van der Waals surface area contributed by atoms with Gasteiger partial charge in [0.25, 0.3) is 0 Å². The predicted octanol–water partition coefficient (Wildman–Crippen LogP) is -0.273. The standard InChI is InChI=1S/C4H7NO4/c1-2(3(6)7)5-4(8)9/h2,5H,1H3,(H,6,7)(H,8,9)/t2-/m1/s1. The normalized spacial score (nSPS) is 12.1. The molecule has 0 unspecified atom stereocenters. The number of hydrogen-bond donors (Lipinski definition) is 3. The SMILES string of the molecule is C[C@@H](NC(=O)O)C(=O)O. The van der Waals surface area contributed by atoms with E-state index in [0.717, 1.165) is 0 Å². The van der Waals surface area contributed by atoms with Crippen molar-refractivity contribution >= 4 is 12.1 Å². The topological polar surface area (TPSA) is 86.6 Å². The Morgan fingerprint density at radius 2 is 1.89 bits per heavy atom. The smallest absolute Gasteiger partial charge is 0.405 e. The third-order valence-electron chi connectivity index (χ3n) is 0.710. The van der Waals surface area contributed by atoms with Crippen molar-refractivity contribution in [2.75, 3.05) is 0 Å². The van der Waals surface area contributed by atoms with Crippen LogP contribution in [0.15, 0.2) is 0 Å². The van der Waals surface area contributed by atoms with E-state index in [1.807, 2.05) is 0 Å². The van der Waals surface area contributed by atoms with Crippen LogP contribution in [0.5, 0.6) is 0 Å². The summed E-state index contributed by atoms with van der Waals surface area (Å²) in [4.78, 5) is 19.6. The maximum absolute atomic E-state index is 9.91. The molecule has 5 nitrogen and oxygen atoms in total. The monoisotopic (exact) mass is 133 g/mol. The maximum atomic E-state index is 9.91. The number of amides is 1. The zero-order valence-electron chi connectivity index (χ0n) is 4.79. The second kappa shape index (κ2) is 2.91. The molecule has 0 aromatic carbocycles. The fraction of sp³-hybridized carbons (Fsp3) is 0.500. The van der Waals surface area contributed by atoms with Gasteiger partial charge in [-0.2, -0.15) is 0 Å². The number of nitrogens with one attached hydrogen (secondary N) is 1. The van der Waals surface area contributed by atoms with Gasteiger partial charge in [0.05, 0.1) is 0 Å². The van der Waals surface area contributed by atoms with Crippen LogP contribution in [0, 0.1) is 0 Å². The number of carboxylic acids is 1.